The van der Waals surface area contributed by atoms with Gasteiger partial charge < -0.3 is 4.90 Å². The normalized spacial score (nSPS) is 18.3. The quantitative estimate of drug-likeness (QED) is 0.374. The van der Waals surface area contributed by atoms with Gasteiger partial charge in [0.1, 0.15) is 15.8 Å². The predicted molar refractivity (Wildman–Crippen MR) is 150 cm³/mol. The van der Waals surface area contributed by atoms with Gasteiger partial charge in [-0.05, 0) is 44.0 Å². The van der Waals surface area contributed by atoms with Gasteiger partial charge in [-0.3, -0.25) is 23.8 Å². The first-order chi connectivity index (χ1) is 17.3. The minimum Gasteiger partial charge on any atom is -0.353 e. The first-order valence-corrected chi connectivity index (χ1v) is 13.4. The fourth-order valence-electron chi connectivity index (χ4n) is 4.63. The van der Waals surface area contributed by atoms with Crippen molar-refractivity contribution in [3.63, 3.8) is 0 Å². The Labute approximate surface area is 220 Å². The Kier molecular flexibility index (Phi) is 6.96. The highest BCUT2D eigenvalue weighted by molar-refractivity contribution is 8.26. The van der Waals surface area contributed by atoms with Gasteiger partial charge in [-0.25, -0.2) is 4.98 Å². The number of carbonyl (C=O) groups is 1. The van der Waals surface area contributed by atoms with E-state index in [1.165, 1.54) is 17.3 Å². The van der Waals surface area contributed by atoms with Crippen LogP contribution in [0.15, 0.2) is 58.4 Å². The molecule has 2 aromatic heterocycles. The lowest BCUT2D eigenvalue weighted by molar-refractivity contribution is -0.123. The second-order valence-corrected chi connectivity index (χ2v) is 11.2. The van der Waals surface area contributed by atoms with Crippen LogP contribution < -0.4 is 10.5 Å². The molecule has 0 atom stereocenters. The highest BCUT2D eigenvalue weighted by Gasteiger charge is 2.34. The van der Waals surface area contributed by atoms with Crippen molar-refractivity contribution in [2.75, 3.05) is 31.1 Å². The number of hydrogen-bond acceptors (Lipinski definition) is 7. The average molecular weight is 520 g/mol. The van der Waals surface area contributed by atoms with Crippen LogP contribution >= 0.6 is 24.0 Å². The minimum atomic E-state index is -0.180. The predicted octanol–water partition coefficient (Wildman–Crippen LogP) is 3.93. The first-order valence-electron chi connectivity index (χ1n) is 12.1. The van der Waals surface area contributed by atoms with Crippen molar-refractivity contribution < 1.29 is 4.79 Å². The van der Waals surface area contributed by atoms with Crippen LogP contribution in [-0.4, -0.2) is 61.6 Å². The third-order valence-electron chi connectivity index (χ3n) is 6.52. The molecule has 0 saturated carbocycles. The number of amides is 1. The Balaban J connectivity index is 1.50. The summed E-state index contributed by atoms with van der Waals surface area (Å²) in [6.07, 6.45) is 3.49. The maximum Gasteiger partial charge on any atom is 0.267 e. The maximum absolute atomic E-state index is 13.7. The van der Waals surface area contributed by atoms with E-state index in [2.05, 4.69) is 34.1 Å². The number of nitrogens with zero attached hydrogens (tertiary/aromatic N) is 5. The Morgan fingerprint density at radius 2 is 1.78 bits per heavy atom. The average Bonchev–Trinajstić information content (AvgIpc) is 3.15. The van der Waals surface area contributed by atoms with Crippen LogP contribution in [0.25, 0.3) is 11.7 Å². The van der Waals surface area contributed by atoms with Gasteiger partial charge in [0.15, 0.2) is 0 Å². The molecule has 0 spiro atoms. The fraction of sp³-hybridized carbons (Fsp3) is 0.333. The van der Waals surface area contributed by atoms with E-state index in [4.69, 9.17) is 17.2 Å². The number of rotatable bonds is 5. The summed E-state index contributed by atoms with van der Waals surface area (Å²) < 4.78 is 2.08. The molecule has 2 saturated heterocycles. The molecule has 0 N–H and O–H groups in total. The van der Waals surface area contributed by atoms with E-state index >= 15 is 0 Å². The Morgan fingerprint density at radius 1 is 1.06 bits per heavy atom. The Bertz CT molecular complexity index is 1410. The molecule has 2 aliphatic heterocycles. The molecule has 4 heterocycles. The summed E-state index contributed by atoms with van der Waals surface area (Å²) in [6, 6.07) is 14.2. The monoisotopic (exact) mass is 519 g/mol. The zero-order valence-corrected chi connectivity index (χ0v) is 22.3. The van der Waals surface area contributed by atoms with Gasteiger partial charge >= 0.3 is 0 Å². The molecule has 36 heavy (non-hydrogen) atoms. The van der Waals surface area contributed by atoms with Crippen molar-refractivity contribution in [1.29, 1.82) is 0 Å². The topological polar surface area (TPSA) is 61.2 Å². The van der Waals surface area contributed by atoms with Gasteiger partial charge in [-0.2, -0.15) is 0 Å². The standard InChI is InChI=1S/C27H29N5O2S2/c1-18(2)32-26(34)22(36-27(32)35)15-21-24(28-23-10-9-19(3)16-31(23)25(21)33)30-13-11-29(12-14-30)17-20-7-5-4-6-8-20/h4-10,15-16,18H,11-14,17H2,1-3H3/b22-15+. The van der Waals surface area contributed by atoms with Gasteiger partial charge in [0.2, 0.25) is 0 Å². The second-order valence-electron chi connectivity index (χ2n) is 9.48. The van der Waals surface area contributed by atoms with Crippen molar-refractivity contribution in [2.45, 2.75) is 33.4 Å². The number of carbonyl (C=O) groups excluding carboxylic acids is 1. The number of piperazine rings is 1. The number of aromatic nitrogens is 2. The van der Waals surface area contributed by atoms with Gasteiger partial charge in [0.25, 0.3) is 11.5 Å². The van der Waals surface area contributed by atoms with Crippen LogP contribution in [0.4, 0.5) is 5.82 Å². The van der Waals surface area contributed by atoms with Crippen molar-refractivity contribution in [3.8, 4) is 0 Å². The molecule has 0 bridgehead atoms. The van der Waals surface area contributed by atoms with Crippen LogP contribution in [0.1, 0.15) is 30.5 Å². The summed E-state index contributed by atoms with van der Waals surface area (Å²) in [5, 5.41) is 0. The number of benzene rings is 1. The molecule has 1 aromatic carbocycles. The van der Waals surface area contributed by atoms with Gasteiger partial charge in [0, 0.05) is 45.0 Å². The molecule has 2 aliphatic rings. The van der Waals surface area contributed by atoms with Gasteiger partial charge in [-0.1, -0.05) is 60.4 Å². The number of aryl methyl sites for hydroxylation is 1. The second kappa shape index (κ2) is 10.2. The smallest absolute Gasteiger partial charge is 0.267 e. The highest BCUT2D eigenvalue weighted by Crippen LogP contribution is 2.34. The number of thioether (sulfide) groups is 1. The lowest BCUT2D eigenvalue weighted by Crippen LogP contribution is -2.47. The van der Waals surface area contributed by atoms with E-state index < -0.39 is 0 Å². The number of thiocarbonyl (C=S) groups is 1. The highest BCUT2D eigenvalue weighted by atomic mass is 32.2. The molecule has 0 radical (unpaired) electrons. The van der Waals surface area contributed by atoms with Gasteiger partial charge in [0.05, 0.1) is 10.5 Å². The van der Waals surface area contributed by atoms with Crippen LogP contribution in [0.5, 0.6) is 0 Å². The van der Waals surface area contributed by atoms with E-state index in [0.717, 1.165) is 38.3 Å². The van der Waals surface area contributed by atoms with Crippen molar-refractivity contribution >= 4 is 51.7 Å². The molecule has 0 aliphatic carbocycles. The van der Waals surface area contributed by atoms with E-state index in [0.29, 0.717) is 26.3 Å². The first kappa shape index (κ1) is 24.7. The van der Waals surface area contributed by atoms with E-state index in [1.54, 1.807) is 21.6 Å². The number of fused-ring (bicyclic) bond motifs is 1. The van der Waals surface area contributed by atoms with E-state index in [9.17, 15) is 9.59 Å². The lowest BCUT2D eigenvalue weighted by atomic mass is 10.1. The summed E-state index contributed by atoms with van der Waals surface area (Å²) in [7, 11) is 0. The maximum atomic E-state index is 13.7. The molecule has 7 nitrogen and oxygen atoms in total. The van der Waals surface area contributed by atoms with E-state index in [1.807, 2.05) is 39.0 Å². The summed E-state index contributed by atoms with van der Waals surface area (Å²) in [5.41, 5.74) is 3.10. The molecule has 186 valence electrons. The summed E-state index contributed by atoms with van der Waals surface area (Å²) in [6.45, 7) is 9.92. The number of anilines is 1. The van der Waals surface area contributed by atoms with Crippen molar-refractivity contribution in [3.05, 3.63) is 80.6 Å². The Morgan fingerprint density at radius 3 is 2.44 bits per heavy atom. The zero-order chi connectivity index (χ0) is 25.4. The SMILES string of the molecule is Cc1ccc2nc(N3CCN(Cc4ccccc4)CC3)c(/C=C3/SC(=S)N(C(C)C)C3=O)c(=O)n2c1. The molecule has 9 heteroatoms. The summed E-state index contributed by atoms with van der Waals surface area (Å²) >= 11 is 6.70. The van der Waals surface area contributed by atoms with Crippen LogP contribution in [0.2, 0.25) is 0 Å². The molecular formula is C27H29N5O2S2. The number of hydrogen-bond donors (Lipinski definition) is 0. The molecule has 1 amide bonds. The third kappa shape index (κ3) is 4.83. The van der Waals surface area contributed by atoms with Crippen LogP contribution in [-0.2, 0) is 11.3 Å². The van der Waals surface area contributed by atoms with Crippen molar-refractivity contribution in [2.24, 2.45) is 0 Å². The largest absolute Gasteiger partial charge is 0.353 e. The molecule has 5 rings (SSSR count). The van der Waals surface area contributed by atoms with E-state index in [-0.39, 0.29) is 17.5 Å². The Hall–Kier alpha value is -3.01. The zero-order valence-electron chi connectivity index (χ0n) is 20.7. The summed E-state index contributed by atoms with van der Waals surface area (Å²) in [4.78, 5) is 38.4. The summed E-state index contributed by atoms with van der Waals surface area (Å²) in [5.74, 6) is 0.463. The number of pyridine rings is 1. The fourth-order valence-corrected chi connectivity index (χ4v) is 6.14. The van der Waals surface area contributed by atoms with Crippen LogP contribution in [0.3, 0.4) is 0 Å². The molecule has 0 unspecified atom stereocenters. The van der Waals surface area contributed by atoms with Gasteiger partial charge in [-0.15, -0.1) is 0 Å². The van der Waals surface area contributed by atoms with Crippen LogP contribution in [0, 0.1) is 6.92 Å². The van der Waals surface area contributed by atoms with Crippen molar-refractivity contribution in [1.82, 2.24) is 19.2 Å². The molecule has 3 aromatic rings. The molecule has 2 fully saturated rings. The lowest BCUT2D eigenvalue weighted by Gasteiger charge is -2.36. The minimum absolute atomic E-state index is 0.0426. The molecular weight excluding hydrogens is 490 g/mol. The third-order valence-corrected chi connectivity index (χ3v) is 7.85.